The first-order chi connectivity index (χ1) is 9.99. The molecular weight excluding hydrogens is 331 g/mol. The molecule has 2 aromatic carbocycles. The molecule has 2 atom stereocenters. The molecule has 0 aromatic heterocycles. The van der Waals surface area contributed by atoms with Crippen LogP contribution in [-0.4, -0.2) is 11.9 Å². The summed E-state index contributed by atoms with van der Waals surface area (Å²) in [4.78, 5) is 13.7. The standard InChI is InChI=1S/C15H11Cl3N2O/c16-8-1-4-10(5-2-8)20-14(13(19)15(20)21)11-6-3-9(17)7-12(11)18/h1-7,13-14H,19H2/t13-,14+/m0/s1. The molecule has 0 radical (unpaired) electrons. The van der Waals surface area contributed by atoms with Gasteiger partial charge in [0.05, 0.1) is 6.04 Å². The number of anilines is 1. The summed E-state index contributed by atoms with van der Waals surface area (Å²) in [7, 11) is 0. The molecule has 1 amide bonds. The van der Waals surface area contributed by atoms with Crippen LogP contribution in [0.4, 0.5) is 5.69 Å². The van der Waals surface area contributed by atoms with Gasteiger partial charge in [-0.3, -0.25) is 4.79 Å². The number of benzene rings is 2. The Bertz CT molecular complexity index is 703. The van der Waals surface area contributed by atoms with Crippen molar-refractivity contribution < 1.29 is 4.79 Å². The van der Waals surface area contributed by atoms with Crippen LogP contribution < -0.4 is 10.6 Å². The van der Waals surface area contributed by atoms with E-state index in [2.05, 4.69) is 0 Å². The zero-order valence-corrected chi connectivity index (χ0v) is 13.0. The minimum atomic E-state index is -0.612. The van der Waals surface area contributed by atoms with Gasteiger partial charge in [0.2, 0.25) is 5.91 Å². The summed E-state index contributed by atoms with van der Waals surface area (Å²) in [5.41, 5.74) is 7.47. The van der Waals surface area contributed by atoms with Crippen LogP contribution in [0.15, 0.2) is 42.5 Å². The fourth-order valence-electron chi connectivity index (χ4n) is 2.47. The summed E-state index contributed by atoms with van der Waals surface area (Å²) in [5, 5.41) is 1.65. The van der Waals surface area contributed by atoms with Crippen molar-refractivity contribution in [2.24, 2.45) is 5.73 Å². The Balaban J connectivity index is 2.00. The summed E-state index contributed by atoms with van der Waals surface area (Å²) >= 11 is 18.0. The maximum absolute atomic E-state index is 12.1. The molecule has 0 aliphatic carbocycles. The SMILES string of the molecule is N[C@@H]1C(=O)N(c2ccc(Cl)cc2)[C@@H]1c1ccc(Cl)cc1Cl. The molecule has 0 saturated carbocycles. The van der Waals surface area contributed by atoms with Gasteiger partial charge in [0.25, 0.3) is 0 Å². The Morgan fingerprint density at radius 1 is 0.952 bits per heavy atom. The van der Waals surface area contributed by atoms with Gasteiger partial charge in [-0.15, -0.1) is 0 Å². The van der Waals surface area contributed by atoms with Crippen LogP contribution in [0.2, 0.25) is 15.1 Å². The quantitative estimate of drug-likeness (QED) is 0.837. The average Bonchev–Trinajstić information content (AvgIpc) is 2.46. The number of nitrogens with two attached hydrogens (primary N) is 1. The molecule has 1 heterocycles. The van der Waals surface area contributed by atoms with Crippen molar-refractivity contribution >= 4 is 46.4 Å². The highest BCUT2D eigenvalue weighted by molar-refractivity contribution is 6.35. The zero-order chi connectivity index (χ0) is 15.1. The number of nitrogens with zero attached hydrogens (tertiary/aromatic N) is 1. The summed E-state index contributed by atoms with van der Waals surface area (Å²) in [6.07, 6.45) is 0. The third kappa shape index (κ3) is 2.51. The molecule has 21 heavy (non-hydrogen) atoms. The first-order valence-electron chi connectivity index (χ1n) is 6.28. The Morgan fingerprint density at radius 2 is 1.57 bits per heavy atom. The summed E-state index contributed by atoms with van der Waals surface area (Å²) in [6.45, 7) is 0. The third-order valence-corrected chi connectivity index (χ3v) is 4.34. The molecule has 0 bridgehead atoms. The van der Waals surface area contributed by atoms with E-state index in [9.17, 15) is 4.79 Å². The normalized spacial score (nSPS) is 21.3. The van der Waals surface area contributed by atoms with E-state index < -0.39 is 6.04 Å². The summed E-state index contributed by atoms with van der Waals surface area (Å²) in [5.74, 6) is -0.145. The van der Waals surface area contributed by atoms with Crippen LogP contribution in [-0.2, 0) is 4.79 Å². The predicted molar refractivity (Wildman–Crippen MR) is 86.1 cm³/mol. The van der Waals surface area contributed by atoms with Gasteiger partial charge in [0, 0.05) is 20.8 Å². The van der Waals surface area contributed by atoms with Crippen molar-refractivity contribution in [3.8, 4) is 0 Å². The lowest BCUT2D eigenvalue weighted by Crippen LogP contribution is -2.63. The molecule has 2 aromatic rings. The second-order valence-electron chi connectivity index (χ2n) is 4.82. The lowest BCUT2D eigenvalue weighted by molar-refractivity contribution is -0.126. The fourth-order valence-corrected chi connectivity index (χ4v) is 3.12. The molecule has 0 unspecified atom stereocenters. The van der Waals surface area contributed by atoms with Crippen molar-refractivity contribution in [3.05, 3.63) is 63.1 Å². The highest BCUT2D eigenvalue weighted by Gasteiger charge is 2.47. The smallest absolute Gasteiger partial charge is 0.247 e. The van der Waals surface area contributed by atoms with Crippen LogP contribution in [0, 0.1) is 0 Å². The monoisotopic (exact) mass is 340 g/mol. The maximum Gasteiger partial charge on any atom is 0.247 e. The molecule has 0 spiro atoms. The van der Waals surface area contributed by atoms with Gasteiger partial charge in [-0.05, 0) is 42.0 Å². The Kier molecular flexibility index (Phi) is 3.84. The highest BCUT2D eigenvalue weighted by atomic mass is 35.5. The molecule has 108 valence electrons. The Morgan fingerprint density at radius 3 is 2.19 bits per heavy atom. The van der Waals surface area contributed by atoms with Gasteiger partial charge in [-0.1, -0.05) is 40.9 Å². The first-order valence-corrected chi connectivity index (χ1v) is 7.41. The minimum Gasteiger partial charge on any atom is -0.318 e. The third-order valence-electron chi connectivity index (χ3n) is 3.53. The number of β-lactam (4-membered cyclic amide) rings is 1. The zero-order valence-electron chi connectivity index (χ0n) is 10.8. The van der Waals surface area contributed by atoms with Crippen LogP contribution in [0.1, 0.15) is 11.6 Å². The molecule has 2 N–H and O–H groups in total. The molecule has 1 aliphatic rings. The molecule has 3 nitrogen and oxygen atoms in total. The van der Waals surface area contributed by atoms with E-state index in [-0.39, 0.29) is 11.9 Å². The van der Waals surface area contributed by atoms with Crippen molar-refractivity contribution in [1.29, 1.82) is 0 Å². The van der Waals surface area contributed by atoms with Gasteiger partial charge in [-0.25, -0.2) is 0 Å². The van der Waals surface area contributed by atoms with Crippen molar-refractivity contribution in [1.82, 2.24) is 0 Å². The molecular formula is C15H11Cl3N2O. The van der Waals surface area contributed by atoms with Crippen LogP contribution >= 0.6 is 34.8 Å². The number of rotatable bonds is 2. The number of halogens is 3. The molecule has 1 fully saturated rings. The average molecular weight is 342 g/mol. The second kappa shape index (κ2) is 5.50. The molecule has 1 saturated heterocycles. The first kappa shape index (κ1) is 14.7. The van der Waals surface area contributed by atoms with Gasteiger partial charge in [0.15, 0.2) is 0 Å². The van der Waals surface area contributed by atoms with E-state index in [1.807, 2.05) is 0 Å². The lowest BCUT2D eigenvalue weighted by atomic mass is 9.88. The molecule has 1 aliphatic heterocycles. The van der Waals surface area contributed by atoms with E-state index in [4.69, 9.17) is 40.5 Å². The molecule has 3 rings (SSSR count). The van der Waals surface area contributed by atoms with Crippen LogP contribution in [0.5, 0.6) is 0 Å². The topological polar surface area (TPSA) is 46.3 Å². The van der Waals surface area contributed by atoms with Crippen LogP contribution in [0.25, 0.3) is 0 Å². The number of hydrogen-bond donors (Lipinski definition) is 1. The van der Waals surface area contributed by atoms with Gasteiger partial charge in [-0.2, -0.15) is 0 Å². The largest absolute Gasteiger partial charge is 0.318 e. The summed E-state index contributed by atoms with van der Waals surface area (Å²) in [6, 6.07) is 11.3. The van der Waals surface area contributed by atoms with Gasteiger partial charge in [0.1, 0.15) is 6.04 Å². The summed E-state index contributed by atoms with van der Waals surface area (Å²) < 4.78 is 0. The molecule has 6 heteroatoms. The number of carbonyl (C=O) groups excluding carboxylic acids is 1. The van der Waals surface area contributed by atoms with Crippen LogP contribution in [0.3, 0.4) is 0 Å². The Labute approximate surface area is 137 Å². The number of hydrogen-bond acceptors (Lipinski definition) is 2. The Hall–Kier alpha value is -1.26. The fraction of sp³-hybridized carbons (Fsp3) is 0.133. The highest BCUT2D eigenvalue weighted by Crippen LogP contribution is 2.41. The maximum atomic E-state index is 12.1. The lowest BCUT2D eigenvalue weighted by Gasteiger charge is -2.46. The van der Waals surface area contributed by atoms with E-state index in [0.717, 1.165) is 11.3 Å². The van der Waals surface area contributed by atoms with Gasteiger partial charge >= 0.3 is 0 Å². The van der Waals surface area contributed by atoms with Crippen molar-refractivity contribution in [2.75, 3.05) is 4.90 Å². The number of carbonyl (C=O) groups is 1. The van der Waals surface area contributed by atoms with Crippen molar-refractivity contribution in [3.63, 3.8) is 0 Å². The van der Waals surface area contributed by atoms with E-state index in [0.29, 0.717) is 15.1 Å². The van der Waals surface area contributed by atoms with E-state index in [1.54, 1.807) is 47.4 Å². The number of amides is 1. The minimum absolute atomic E-state index is 0.145. The van der Waals surface area contributed by atoms with E-state index >= 15 is 0 Å². The van der Waals surface area contributed by atoms with E-state index in [1.165, 1.54) is 0 Å². The second-order valence-corrected chi connectivity index (χ2v) is 6.10. The van der Waals surface area contributed by atoms with Crippen molar-refractivity contribution in [2.45, 2.75) is 12.1 Å². The van der Waals surface area contributed by atoms with Gasteiger partial charge < -0.3 is 10.6 Å². The predicted octanol–water partition coefficient (Wildman–Crippen LogP) is 4.06.